The van der Waals surface area contributed by atoms with Gasteiger partial charge in [-0.05, 0) is 47.2 Å². The van der Waals surface area contributed by atoms with Gasteiger partial charge >= 0.3 is 5.97 Å². The number of esters is 1. The number of fused-ring (bicyclic) bond motifs is 1. The Morgan fingerprint density at radius 1 is 1.18 bits per heavy atom. The fourth-order valence-electron chi connectivity index (χ4n) is 2.91. The quantitative estimate of drug-likeness (QED) is 0.488. The molecule has 0 radical (unpaired) electrons. The highest BCUT2D eigenvalue weighted by atomic mass is 16.5. The van der Waals surface area contributed by atoms with Crippen LogP contribution < -0.4 is 5.56 Å². The van der Waals surface area contributed by atoms with E-state index in [0.717, 1.165) is 11.3 Å². The maximum absolute atomic E-state index is 12.5. The van der Waals surface area contributed by atoms with Crippen molar-refractivity contribution in [2.24, 2.45) is 0 Å². The third kappa shape index (κ3) is 3.50. The number of para-hydroxylation sites is 2. The number of benzene rings is 2. The molecule has 2 heterocycles. The molecule has 2 aromatic carbocycles. The van der Waals surface area contributed by atoms with Gasteiger partial charge in [-0.25, -0.2) is 9.67 Å². The fraction of sp³-hybridized carbons (Fsp3) is 0.158. The molecule has 4 aromatic rings. The van der Waals surface area contributed by atoms with E-state index >= 15 is 0 Å². The van der Waals surface area contributed by atoms with Crippen molar-refractivity contribution in [1.82, 2.24) is 29.8 Å². The van der Waals surface area contributed by atoms with E-state index in [1.807, 2.05) is 30.3 Å². The van der Waals surface area contributed by atoms with Crippen LogP contribution in [0.2, 0.25) is 0 Å². The van der Waals surface area contributed by atoms with Crippen LogP contribution in [-0.4, -0.2) is 35.7 Å². The van der Waals surface area contributed by atoms with Crippen LogP contribution in [0, 0.1) is 0 Å². The van der Waals surface area contributed by atoms with Crippen LogP contribution >= 0.6 is 0 Å². The van der Waals surface area contributed by atoms with Crippen LogP contribution in [-0.2, 0) is 16.1 Å². The summed E-state index contributed by atoms with van der Waals surface area (Å²) in [5.41, 5.74) is 2.40. The third-order valence-corrected chi connectivity index (χ3v) is 4.30. The van der Waals surface area contributed by atoms with Crippen LogP contribution in [0.5, 0.6) is 0 Å². The van der Waals surface area contributed by atoms with E-state index in [4.69, 9.17) is 4.74 Å². The Balaban J connectivity index is 1.53. The highest BCUT2D eigenvalue weighted by molar-refractivity contribution is 5.77. The number of hydrogen-bond acceptors (Lipinski definition) is 7. The minimum absolute atomic E-state index is 0.196. The maximum atomic E-state index is 12.5. The zero-order chi connectivity index (χ0) is 19.5. The second kappa shape index (κ2) is 7.39. The molecule has 0 unspecified atom stereocenters. The van der Waals surface area contributed by atoms with Gasteiger partial charge in [-0.15, -0.1) is 5.10 Å². The van der Waals surface area contributed by atoms with Gasteiger partial charge in [0.2, 0.25) is 0 Å². The molecule has 0 fully saturated rings. The summed E-state index contributed by atoms with van der Waals surface area (Å²) in [5.74, 6) is -0.515. The van der Waals surface area contributed by atoms with E-state index < -0.39 is 12.1 Å². The van der Waals surface area contributed by atoms with Crippen LogP contribution in [0.3, 0.4) is 0 Å². The van der Waals surface area contributed by atoms with Crippen molar-refractivity contribution in [2.75, 3.05) is 0 Å². The van der Waals surface area contributed by atoms with Gasteiger partial charge in [0.15, 0.2) is 0 Å². The highest BCUT2D eigenvalue weighted by Crippen LogP contribution is 2.20. The predicted octanol–water partition coefficient (Wildman–Crippen LogP) is 1.68. The lowest BCUT2D eigenvalue weighted by molar-refractivity contribution is -0.149. The van der Waals surface area contributed by atoms with E-state index in [-0.39, 0.29) is 12.1 Å². The first-order chi connectivity index (χ1) is 13.6. The third-order valence-electron chi connectivity index (χ3n) is 4.30. The Morgan fingerprint density at radius 3 is 2.86 bits per heavy atom. The number of hydrogen-bond donors (Lipinski definition) is 0. The van der Waals surface area contributed by atoms with Gasteiger partial charge in [0.25, 0.3) is 5.56 Å². The van der Waals surface area contributed by atoms with Gasteiger partial charge < -0.3 is 4.74 Å². The molecule has 0 aliphatic heterocycles. The lowest BCUT2D eigenvalue weighted by atomic mass is 10.1. The predicted molar refractivity (Wildman–Crippen MR) is 99.7 cm³/mol. The SMILES string of the molecule is C[C@@H](OC(=O)Cn1c(=O)cnc2ccccc21)c1cccc(-n2cnnn2)c1. The number of aromatic nitrogens is 6. The lowest BCUT2D eigenvalue weighted by Crippen LogP contribution is -2.26. The van der Waals surface area contributed by atoms with Crippen LogP contribution in [0.1, 0.15) is 18.6 Å². The molecule has 9 heteroatoms. The molecule has 0 aliphatic rings. The molecule has 0 bridgehead atoms. The summed E-state index contributed by atoms with van der Waals surface area (Å²) in [6, 6.07) is 14.5. The van der Waals surface area contributed by atoms with Crippen molar-refractivity contribution < 1.29 is 9.53 Å². The average Bonchev–Trinajstić information content (AvgIpc) is 3.25. The Labute approximate surface area is 159 Å². The molecule has 0 amide bonds. The summed E-state index contributed by atoms with van der Waals surface area (Å²) in [5, 5.41) is 11.1. The molecule has 0 saturated carbocycles. The molecule has 1 atom stereocenters. The van der Waals surface area contributed by atoms with Gasteiger partial charge in [0.1, 0.15) is 19.0 Å². The van der Waals surface area contributed by atoms with E-state index in [2.05, 4.69) is 20.5 Å². The summed E-state index contributed by atoms with van der Waals surface area (Å²) < 4.78 is 8.41. The molecule has 0 N–H and O–H groups in total. The van der Waals surface area contributed by atoms with Gasteiger partial charge in [0.05, 0.1) is 22.9 Å². The zero-order valence-corrected chi connectivity index (χ0v) is 15.0. The number of carbonyl (C=O) groups is 1. The van der Waals surface area contributed by atoms with Crippen molar-refractivity contribution in [3.05, 3.63) is 77.0 Å². The highest BCUT2D eigenvalue weighted by Gasteiger charge is 2.15. The minimum Gasteiger partial charge on any atom is -0.456 e. The largest absolute Gasteiger partial charge is 0.456 e. The van der Waals surface area contributed by atoms with Gasteiger partial charge in [-0.3, -0.25) is 14.2 Å². The van der Waals surface area contributed by atoms with E-state index in [1.54, 1.807) is 25.1 Å². The standard InChI is InChI=1S/C19H16N6O3/c1-13(14-5-4-6-15(9-14)25-12-21-22-23-25)28-19(27)11-24-17-8-3-2-7-16(17)20-10-18(24)26/h2-10,12-13H,11H2,1H3/t13-/m1/s1. The summed E-state index contributed by atoms with van der Waals surface area (Å²) in [6.07, 6.45) is 2.18. The van der Waals surface area contributed by atoms with Crippen LogP contribution in [0.15, 0.2) is 65.8 Å². The summed E-state index contributed by atoms with van der Waals surface area (Å²) >= 11 is 0. The molecule has 0 saturated heterocycles. The molecule has 4 rings (SSSR count). The normalized spacial score (nSPS) is 12.0. The van der Waals surface area contributed by atoms with Gasteiger partial charge in [-0.1, -0.05) is 24.3 Å². The van der Waals surface area contributed by atoms with Gasteiger partial charge in [-0.2, -0.15) is 0 Å². The van der Waals surface area contributed by atoms with Crippen molar-refractivity contribution in [3.63, 3.8) is 0 Å². The number of rotatable bonds is 5. The van der Waals surface area contributed by atoms with E-state index in [9.17, 15) is 9.59 Å². The Bertz CT molecular complexity index is 1190. The molecule has 2 aromatic heterocycles. The topological polar surface area (TPSA) is 105 Å². The second-order valence-electron chi connectivity index (χ2n) is 6.15. The zero-order valence-electron chi connectivity index (χ0n) is 15.0. The molecular formula is C19H16N6O3. The monoisotopic (exact) mass is 376 g/mol. The Kier molecular flexibility index (Phi) is 4.63. The molecule has 9 nitrogen and oxygen atoms in total. The van der Waals surface area contributed by atoms with Crippen molar-refractivity contribution in [1.29, 1.82) is 0 Å². The van der Waals surface area contributed by atoms with Crippen molar-refractivity contribution in [3.8, 4) is 5.69 Å². The summed E-state index contributed by atoms with van der Waals surface area (Å²) in [7, 11) is 0. The first kappa shape index (κ1) is 17.5. The first-order valence-corrected chi connectivity index (χ1v) is 8.59. The molecule has 0 spiro atoms. The van der Waals surface area contributed by atoms with Crippen LogP contribution in [0.25, 0.3) is 16.7 Å². The molecular weight excluding hydrogens is 360 g/mol. The molecule has 28 heavy (non-hydrogen) atoms. The molecule has 140 valence electrons. The number of nitrogens with zero attached hydrogens (tertiary/aromatic N) is 6. The first-order valence-electron chi connectivity index (χ1n) is 8.59. The number of carbonyl (C=O) groups excluding carboxylic acids is 1. The van der Waals surface area contributed by atoms with Crippen molar-refractivity contribution >= 4 is 17.0 Å². The average molecular weight is 376 g/mol. The minimum atomic E-state index is -0.515. The lowest BCUT2D eigenvalue weighted by Gasteiger charge is -2.15. The fourth-order valence-corrected chi connectivity index (χ4v) is 2.91. The second-order valence-corrected chi connectivity index (χ2v) is 6.15. The maximum Gasteiger partial charge on any atom is 0.326 e. The Hall–Kier alpha value is -3.88. The summed E-state index contributed by atoms with van der Waals surface area (Å²) in [6.45, 7) is 1.57. The van der Waals surface area contributed by atoms with E-state index in [1.165, 1.54) is 21.8 Å². The summed E-state index contributed by atoms with van der Waals surface area (Å²) in [4.78, 5) is 28.7. The Morgan fingerprint density at radius 2 is 2.04 bits per heavy atom. The molecule has 0 aliphatic carbocycles. The number of tetrazole rings is 1. The number of ether oxygens (including phenoxy) is 1. The van der Waals surface area contributed by atoms with E-state index in [0.29, 0.717) is 11.0 Å². The van der Waals surface area contributed by atoms with Crippen molar-refractivity contribution in [2.45, 2.75) is 19.6 Å². The van der Waals surface area contributed by atoms with Gasteiger partial charge in [0, 0.05) is 0 Å². The van der Waals surface area contributed by atoms with Crippen LogP contribution in [0.4, 0.5) is 0 Å². The smallest absolute Gasteiger partial charge is 0.326 e.